The van der Waals surface area contributed by atoms with Crippen molar-refractivity contribution in [1.82, 2.24) is 4.90 Å². The number of amides is 2. The molecule has 0 bridgehead atoms. The van der Waals surface area contributed by atoms with Crippen molar-refractivity contribution < 1.29 is 19.4 Å². The van der Waals surface area contributed by atoms with E-state index in [1.807, 2.05) is 18.2 Å². The number of anilines is 1. The maximum Gasteiger partial charge on any atom is 0.322 e. The van der Waals surface area contributed by atoms with Crippen molar-refractivity contribution in [3.05, 3.63) is 30.3 Å². The van der Waals surface area contributed by atoms with E-state index in [-0.39, 0.29) is 19.1 Å². The number of nitrogens with zero attached hydrogens (tertiary/aromatic N) is 1. The van der Waals surface area contributed by atoms with Crippen LogP contribution in [0.25, 0.3) is 0 Å². The first-order chi connectivity index (χ1) is 9.16. The molecule has 1 atom stereocenters. The molecule has 1 unspecified atom stereocenters. The Kier molecular flexibility index (Phi) is 4.35. The SMILES string of the molecule is O=C(O)CC1COCCN1C(=O)Nc1ccccc1. The molecule has 1 aliphatic rings. The van der Waals surface area contributed by atoms with E-state index in [1.54, 1.807) is 12.1 Å². The Hall–Kier alpha value is -2.08. The summed E-state index contributed by atoms with van der Waals surface area (Å²) in [7, 11) is 0. The highest BCUT2D eigenvalue weighted by Crippen LogP contribution is 2.14. The highest BCUT2D eigenvalue weighted by atomic mass is 16.5. The summed E-state index contributed by atoms with van der Waals surface area (Å²) < 4.78 is 5.23. The number of carboxylic acids is 1. The van der Waals surface area contributed by atoms with Gasteiger partial charge in [-0.05, 0) is 12.1 Å². The summed E-state index contributed by atoms with van der Waals surface area (Å²) >= 11 is 0. The lowest BCUT2D eigenvalue weighted by atomic mass is 10.1. The van der Waals surface area contributed by atoms with Crippen LogP contribution in [0.4, 0.5) is 10.5 Å². The van der Waals surface area contributed by atoms with Gasteiger partial charge in [-0.1, -0.05) is 18.2 Å². The third-order valence-corrected chi connectivity index (χ3v) is 2.92. The first-order valence-electron chi connectivity index (χ1n) is 6.09. The number of para-hydroxylation sites is 1. The Morgan fingerprint density at radius 3 is 2.79 bits per heavy atom. The lowest BCUT2D eigenvalue weighted by molar-refractivity contribution is -0.139. The maximum atomic E-state index is 12.1. The Morgan fingerprint density at radius 1 is 1.37 bits per heavy atom. The molecule has 1 aromatic carbocycles. The Labute approximate surface area is 111 Å². The predicted molar refractivity (Wildman–Crippen MR) is 69.0 cm³/mol. The molecule has 0 aliphatic carbocycles. The highest BCUT2D eigenvalue weighted by Gasteiger charge is 2.29. The van der Waals surface area contributed by atoms with Gasteiger partial charge in [0.25, 0.3) is 0 Å². The third kappa shape index (κ3) is 3.69. The van der Waals surface area contributed by atoms with E-state index in [4.69, 9.17) is 9.84 Å². The van der Waals surface area contributed by atoms with Gasteiger partial charge < -0.3 is 20.1 Å². The fourth-order valence-electron chi connectivity index (χ4n) is 2.01. The van der Waals surface area contributed by atoms with Crippen LogP contribution in [-0.4, -0.2) is 47.8 Å². The molecule has 19 heavy (non-hydrogen) atoms. The van der Waals surface area contributed by atoms with Crippen LogP contribution in [0.5, 0.6) is 0 Å². The van der Waals surface area contributed by atoms with E-state index < -0.39 is 12.0 Å². The molecule has 6 nitrogen and oxygen atoms in total. The van der Waals surface area contributed by atoms with Crippen LogP contribution in [-0.2, 0) is 9.53 Å². The van der Waals surface area contributed by atoms with Crippen LogP contribution in [0.15, 0.2) is 30.3 Å². The first kappa shape index (κ1) is 13.4. The van der Waals surface area contributed by atoms with Crippen molar-refractivity contribution in [2.75, 3.05) is 25.1 Å². The Morgan fingerprint density at radius 2 is 2.11 bits per heavy atom. The average Bonchev–Trinajstić information content (AvgIpc) is 2.39. The van der Waals surface area contributed by atoms with Gasteiger partial charge in [0.1, 0.15) is 0 Å². The monoisotopic (exact) mass is 264 g/mol. The fraction of sp³-hybridized carbons (Fsp3) is 0.385. The summed E-state index contributed by atoms with van der Waals surface area (Å²) in [5, 5.41) is 11.6. The van der Waals surface area contributed by atoms with Gasteiger partial charge >= 0.3 is 12.0 Å². The molecule has 1 saturated heterocycles. The van der Waals surface area contributed by atoms with Crippen molar-refractivity contribution in [2.24, 2.45) is 0 Å². The molecule has 0 aromatic heterocycles. The van der Waals surface area contributed by atoms with Crippen LogP contribution >= 0.6 is 0 Å². The molecule has 0 saturated carbocycles. The van der Waals surface area contributed by atoms with Crippen LogP contribution < -0.4 is 5.32 Å². The van der Waals surface area contributed by atoms with Crippen LogP contribution in [0.1, 0.15) is 6.42 Å². The standard InChI is InChI=1S/C13H16N2O4/c16-12(17)8-11-9-19-7-6-15(11)13(18)14-10-4-2-1-3-5-10/h1-5,11H,6-9H2,(H,14,18)(H,16,17). The largest absolute Gasteiger partial charge is 0.481 e. The van der Waals surface area contributed by atoms with Crippen molar-refractivity contribution >= 4 is 17.7 Å². The molecule has 0 spiro atoms. The van der Waals surface area contributed by atoms with Crippen molar-refractivity contribution in [3.8, 4) is 0 Å². The van der Waals surface area contributed by atoms with Crippen molar-refractivity contribution in [3.63, 3.8) is 0 Å². The minimum atomic E-state index is -0.937. The maximum absolute atomic E-state index is 12.1. The summed E-state index contributed by atoms with van der Waals surface area (Å²) in [5.74, 6) is -0.937. The van der Waals surface area contributed by atoms with Gasteiger partial charge in [-0.2, -0.15) is 0 Å². The topological polar surface area (TPSA) is 78.9 Å². The van der Waals surface area contributed by atoms with Crippen LogP contribution in [0.3, 0.4) is 0 Å². The molecule has 2 rings (SSSR count). The smallest absolute Gasteiger partial charge is 0.322 e. The van der Waals surface area contributed by atoms with E-state index in [1.165, 1.54) is 4.90 Å². The third-order valence-electron chi connectivity index (χ3n) is 2.92. The van der Waals surface area contributed by atoms with E-state index in [9.17, 15) is 9.59 Å². The lowest BCUT2D eigenvalue weighted by Crippen LogP contribution is -2.51. The Balaban J connectivity index is 2.01. The highest BCUT2D eigenvalue weighted by molar-refractivity contribution is 5.89. The average molecular weight is 264 g/mol. The lowest BCUT2D eigenvalue weighted by Gasteiger charge is -2.34. The number of nitrogens with one attached hydrogen (secondary N) is 1. The molecular weight excluding hydrogens is 248 g/mol. The molecule has 102 valence electrons. The fourth-order valence-corrected chi connectivity index (χ4v) is 2.01. The number of hydrogen-bond acceptors (Lipinski definition) is 3. The zero-order valence-corrected chi connectivity index (χ0v) is 10.4. The number of urea groups is 1. The quantitative estimate of drug-likeness (QED) is 0.864. The number of carbonyl (C=O) groups excluding carboxylic acids is 1. The van der Waals surface area contributed by atoms with Gasteiger partial charge in [-0.3, -0.25) is 4.79 Å². The van der Waals surface area contributed by atoms with E-state index >= 15 is 0 Å². The van der Waals surface area contributed by atoms with Gasteiger partial charge in [0.2, 0.25) is 0 Å². The summed E-state index contributed by atoms with van der Waals surface area (Å²) in [5.41, 5.74) is 0.688. The molecule has 1 fully saturated rings. The van der Waals surface area contributed by atoms with Gasteiger partial charge in [0.05, 0.1) is 25.7 Å². The number of benzene rings is 1. The van der Waals surface area contributed by atoms with Gasteiger partial charge in [0, 0.05) is 12.2 Å². The number of rotatable bonds is 3. The second-order valence-electron chi connectivity index (χ2n) is 4.32. The zero-order chi connectivity index (χ0) is 13.7. The molecule has 2 N–H and O–H groups in total. The van der Waals surface area contributed by atoms with E-state index in [2.05, 4.69) is 5.32 Å². The summed E-state index contributed by atoms with van der Waals surface area (Å²) in [6, 6.07) is 8.36. The number of ether oxygens (including phenoxy) is 1. The predicted octanol–water partition coefficient (Wildman–Crippen LogP) is 1.39. The molecule has 0 radical (unpaired) electrons. The molecule has 6 heteroatoms. The summed E-state index contributed by atoms with van der Waals surface area (Å²) in [4.78, 5) is 24.4. The molecule has 1 aromatic rings. The molecule has 1 heterocycles. The van der Waals surface area contributed by atoms with Gasteiger partial charge in [0.15, 0.2) is 0 Å². The van der Waals surface area contributed by atoms with E-state index in [0.29, 0.717) is 18.8 Å². The molecule has 1 aliphatic heterocycles. The number of carboxylic acid groups (broad SMARTS) is 1. The minimum absolute atomic E-state index is 0.109. The second kappa shape index (κ2) is 6.19. The zero-order valence-electron chi connectivity index (χ0n) is 10.4. The first-order valence-corrected chi connectivity index (χ1v) is 6.09. The summed E-state index contributed by atoms with van der Waals surface area (Å²) in [6.45, 7) is 1.09. The van der Waals surface area contributed by atoms with Crippen LogP contribution in [0, 0.1) is 0 Å². The molecule has 2 amide bonds. The van der Waals surface area contributed by atoms with E-state index in [0.717, 1.165) is 0 Å². The number of carbonyl (C=O) groups is 2. The normalized spacial score (nSPS) is 18.9. The number of aliphatic carboxylic acids is 1. The van der Waals surface area contributed by atoms with Gasteiger partial charge in [-0.15, -0.1) is 0 Å². The van der Waals surface area contributed by atoms with Crippen molar-refractivity contribution in [2.45, 2.75) is 12.5 Å². The van der Waals surface area contributed by atoms with Crippen LogP contribution in [0.2, 0.25) is 0 Å². The number of hydrogen-bond donors (Lipinski definition) is 2. The molecular formula is C13H16N2O4. The second-order valence-corrected chi connectivity index (χ2v) is 4.32. The Bertz CT molecular complexity index is 449. The summed E-state index contributed by atoms with van der Waals surface area (Å²) in [6.07, 6.45) is -0.109. The van der Waals surface area contributed by atoms with Crippen molar-refractivity contribution in [1.29, 1.82) is 0 Å². The van der Waals surface area contributed by atoms with Gasteiger partial charge in [-0.25, -0.2) is 4.79 Å². The number of morpholine rings is 1. The minimum Gasteiger partial charge on any atom is -0.481 e.